The molecule has 0 aliphatic heterocycles. The molecule has 0 unspecified atom stereocenters. The largest absolute Gasteiger partial charge is 0.340 e. The molecular formula is C24H30N4. The first-order valence-corrected chi connectivity index (χ1v) is 9.71. The molecule has 0 radical (unpaired) electrons. The molecule has 1 aromatic heterocycles. The Balaban J connectivity index is 1.94. The monoisotopic (exact) mass is 374 g/mol. The van der Waals surface area contributed by atoms with Crippen LogP contribution in [0.4, 0.5) is 23.1 Å². The van der Waals surface area contributed by atoms with Crippen molar-refractivity contribution in [2.24, 2.45) is 0 Å². The van der Waals surface area contributed by atoms with Crippen LogP contribution < -0.4 is 10.6 Å². The number of rotatable bonds is 4. The predicted molar refractivity (Wildman–Crippen MR) is 119 cm³/mol. The summed E-state index contributed by atoms with van der Waals surface area (Å²) in [5.41, 5.74) is 12.1. The molecule has 4 heteroatoms. The Labute approximate surface area is 168 Å². The Morgan fingerprint density at radius 1 is 0.607 bits per heavy atom. The lowest BCUT2D eigenvalue weighted by Crippen LogP contribution is -2.06. The second-order valence-electron chi connectivity index (χ2n) is 7.77. The zero-order chi connectivity index (χ0) is 20.6. The molecule has 28 heavy (non-hydrogen) atoms. The summed E-state index contributed by atoms with van der Waals surface area (Å²) in [6.45, 7) is 17.0. The lowest BCUT2D eigenvalue weighted by atomic mass is 9.98. The van der Waals surface area contributed by atoms with Crippen molar-refractivity contribution in [3.05, 3.63) is 68.9 Å². The summed E-state index contributed by atoms with van der Waals surface area (Å²) in [6, 6.07) is 6.42. The SMILES string of the molecule is Cc1cnc(Nc2cc(C)c(C)c(C)c2C)nc1Nc1ccc(C)c(C)c1C. The van der Waals surface area contributed by atoms with Gasteiger partial charge in [-0.05, 0) is 106 Å². The summed E-state index contributed by atoms with van der Waals surface area (Å²) < 4.78 is 0. The summed E-state index contributed by atoms with van der Waals surface area (Å²) in [7, 11) is 0. The van der Waals surface area contributed by atoms with Gasteiger partial charge < -0.3 is 10.6 Å². The van der Waals surface area contributed by atoms with Crippen molar-refractivity contribution in [1.82, 2.24) is 9.97 Å². The van der Waals surface area contributed by atoms with Gasteiger partial charge in [-0.1, -0.05) is 6.07 Å². The molecule has 3 rings (SSSR count). The molecule has 2 N–H and O–H groups in total. The minimum absolute atomic E-state index is 0.598. The van der Waals surface area contributed by atoms with E-state index in [9.17, 15) is 0 Å². The maximum atomic E-state index is 4.75. The van der Waals surface area contributed by atoms with Gasteiger partial charge in [-0.25, -0.2) is 4.98 Å². The molecule has 1 heterocycles. The molecule has 2 aromatic carbocycles. The van der Waals surface area contributed by atoms with Gasteiger partial charge in [0.05, 0.1) is 0 Å². The van der Waals surface area contributed by atoms with Gasteiger partial charge in [0.25, 0.3) is 0 Å². The highest BCUT2D eigenvalue weighted by Crippen LogP contribution is 2.29. The molecule has 0 saturated carbocycles. The second-order valence-corrected chi connectivity index (χ2v) is 7.77. The Morgan fingerprint density at radius 3 is 1.96 bits per heavy atom. The second kappa shape index (κ2) is 7.63. The van der Waals surface area contributed by atoms with Crippen LogP contribution in [-0.4, -0.2) is 9.97 Å². The predicted octanol–water partition coefficient (Wildman–Crippen LogP) is 6.43. The van der Waals surface area contributed by atoms with Crippen molar-refractivity contribution in [3.8, 4) is 0 Å². The summed E-state index contributed by atoms with van der Waals surface area (Å²) in [6.07, 6.45) is 1.86. The zero-order valence-corrected chi connectivity index (χ0v) is 18.2. The molecular weight excluding hydrogens is 344 g/mol. The van der Waals surface area contributed by atoms with E-state index in [0.717, 1.165) is 22.8 Å². The van der Waals surface area contributed by atoms with Crippen molar-refractivity contribution in [2.75, 3.05) is 10.6 Å². The van der Waals surface area contributed by atoms with Gasteiger partial charge >= 0.3 is 0 Å². The molecule has 0 saturated heterocycles. The van der Waals surface area contributed by atoms with E-state index in [4.69, 9.17) is 4.98 Å². The van der Waals surface area contributed by atoms with E-state index in [1.165, 1.54) is 38.9 Å². The Morgan fingerprint density at radius 2 is 1.25 bits per heavy atom. The van der Waals surface area contributed by atoms with Gasteiger partial charge in [-0.15, -0.1) is 0 Å². The topological polar surface area (TPSA) is 49.8 Å². The molecule has 0 atom stereocenters. The van der Waals surface area contributed by atoms with Crippen LogP contribution in [-0.2, 0) is 0 Å². The minimum Gasteiger partial charge on any atom is -0.340 e. The van der Waals surface area contributed by atoms with Crippen molar-refractivity contribution >= 4 is 23.1 Å². The highest BCUT2D eigenvalue weighted by molar-refractivity contribution is 5.68. The molecule has 0 fully saturated rings. The third-order valence-electron chi connectivity index (χ3n) is 6.01. The normalized spacial score (nSPS) is 10.9. The quantitative estimate of drug-likeness (QED) is 0.552. The first-order chi connectivity index (χ1) is 13.2. The number of aryl methyl sites for hydroxylation is 3. The van der Waals surface area contributed by atoms with Crippen LogP contribution >= 0.6 is 0 Å². The maximum Gasteiger partial charge on any atom is 0.229 e. The molecule has 0 amide bonds. The number of anilines is 4. The molecule has 3 aromatic rings. The average Bonchev–Trinajstić information content (AvgIpc) is 2.67. The fourth-order valence-electron chi connectivity index (χ4n) is 3.31. The number of hydrogen-bond donors (Lipinski definition) is 2. The van der Waals surface area contributed by atoms with Gasteiger partial charge in [-0.3, -0.25) is 0 Å². The number of aromatic nitrogens is 2. The molecule has 0 aliphatic carbocycles. The standard InChI is InChI=1S/C24H30N4/c1-13-9-10-21(19(7)16(13)4)26-23-15(3)12-25-24(28-23)27-22-11-14(2)17(5)18(6)20(22)8/h9-12H,1-8H3,(H2,25,26,27,28). The van der Waals surface area contributed by atoms with Gasteiger partial charge in [0.1, 0.15) is 5.82 Å². The third kappa shape index (κ3) is 3.72. The van der Waals surface area contributed by atoms with Gasteiger partial charge in [0, 0.05) is 23.1 Å². The van der Waals surface area contributed by atoms with Gasteiger partial charge in [0.2, 0.25) is 5.95 Å². The van der Waals surface area contributed by atoms with Gasteiger partial charge in [0.15, 0.2) is 0 Å². The highest BCUT2D eigenvalue weighted by Gasteiger charge is 2.11. The Bertz CT molecular complexity index is 1050. The summed E-state index contributed by atoms with van der Waals surface area (Å²) >= 11 is 0. The number of nitrogens with zero attached hydrogens (tertiary/aromatic N) is 2. The van der Waals surface area contributed by atoms with Crippen LogP contribution in [0.5, 0.6) is 0 Å². The zero-order valence-electron chi connectivity index (χ0n) is 18.2. The fraction of sp³-hybridized carbons (Fsp3) is 0.333. The van der Waals surface area contributed by atoms with E-state index in [-0.39, 0.29) is 0 Å². The van der Waals surface area contributed by atoms with Crippen LogP contribution in [0.2, 0.25) is 0 Å². The van der Waals surface area contributed by atoms with E-state index < -0.39 is 0 Å². The van der Waals surface area contributed by atoms with E-state index in [1.807, 2.05) is 13.1 Å². The Hall–Kier alpha value is -2.88. The van der Waals surface area contributed by atoms with Crippen molar-refractivity contribution in [1.29, 1.82) is 0 Å². The van der Waals surface area contributed by atoms with Crippen molar-refractivity contribution < 1.29 is 0 Å². The fourth-order valence-corrected chi connectivity index (χ4v) is 3.31. The Kier molecular flexibility index (Phi) is 5.41. The third-order valence-corrected chi connectivity index (χ3v) is 6.01. The van der Waals surface area contributed by atoms with Crippen molar-refractivity contribution in [2.45, 2.75) is 55.4 Å². The minimum atomic E-state index is 0.598. The molecule has 0 aliphatic rings. The number of nitrogens with one attached hydrogen (secondary N) is 2. The highest BCUT2D eigenvalue weighted by atomic mass is 15.1. The molecule has 146 valence electrons. The number of benzene rings is 2. The lowest BCUT2D eigenvalue weighted by molar-refractivity contribution is 1.12. The van der Waals surface area contributed by atoms with Crippen molar-refractivity contribution in [3.63, 3.8) is 0 Å². The van der Waals surface area contributed by atoms with Crippen LogP contribution in [0.3, 0.4) is 0 Å². The first kappa shape index (κ1) is 19.9. The summed E-state index contributed by atoms with van der Waals surface area (Å²) in [5, 5.41) is 6.90. The number of hydrogen-bond acceptors (Lipinski definition) is 4. The molecule has 4 nitrogen and oxygen atoms in total. The first-order valence-electron chi connectivity index (χ1n) is 9.71. The van der Waals surface area contributed by atoms with Crippen LogP contribution in [0.25, 0.3) is 0 Å². The van der Waals surface area contributed by atoms with E-state index in [0.29, 0.717) is 5.95 Å². The van der Waals surface area contributed by atoms with E-state index in [2.05, 4.69) is 82.3 Å². The average molecular weight is 375 g/mol. The van der Waals surface area contributed by atoms with Gasteiger partial charge in [-0.2, -0.15) is 4.98 Å². The van der Waals surface area contributed by atoms with Crippen LogP contribution in [0, 0.1) is 55.4 Å². The van der Waals surface area contributed by atoms with Crippen LogP contribution in [0.1, 0.15) is 44.5 Å². The van der Waals surface area contributed by atoms with E-state index in [1.54, 1.807) is 0 Å². The van der Waals surface area contributed by atoms with Crippen LogP contribution in [0.15, 0.2) is 24.4 Å². The summed E-state index contributed by atoms with van der Waals surface area (Å²) in [4.78, 5) is 9.24. The summed E-state index contributed by atoms with van der Waals surface area (Å²) in [5.74, 6) is 1.42. The van der Waals surface area contributed by atoms with E-state index >= 15 is 0 Å². The lowest BCUT2D eigenvalue weighted by Gasteiger charge is -2.17. The molecule has 0 spiro atoms. The maximum absolute atomic E-state index is 4.75. The smallest absolute Gasteiger partial charge is 0.229 e. The molecule has 0 bridgehead atoms.